The third-order valence-electron chi connectivity index (χ3n) is 4.72. The Balaban J connectivity index is 2.26. The molecule has 1 aliphatic carbocycles. The average molecular weight is 247 g/mol. The van der Waals surface area contributed by atoms with E-state index in [9.17, 15) is 0 Å². The van der Waals surface area contributed by atoms with E-state index in [0.717, 1.165) is 18.6 Å². The quantitative estimate of drug-likeness (QED) is 0.886. The highest BCUT2D eigenvalue weighted by atomic mass is 16.5. The summed E-state index contributed by atoms with van der Waals surface area (Å²) in [6.45, 7) is 4.61. The minimum absolute atomic E-state index is 0.111. The Labute approximate surface area is 111 Å². The van der Waals surface area contributed by atoms with E-state index in [2.05, 4.69) is 26.0 Å². The lowest BCUT2D eigenvalue weighted by Gasteiger charge is -2.48. The number of methoxy groups -OCH3 is 1. The Kier molecular flexibility index (Phi) is 3.67. The molecule has 1 aromatic carbocycles. The number of ether oxygens (including phenoxy) is 1. The second kappa shape index (κ2) is 4.93. The summed E-state index contributed by atoms with van der Waals surface area (Å²) < 4.78 is 5.44. The fourth-order valence-electron chi connectivity index (χ4n) is 3.11. The van der Waals surface area contributed by atoms with Gasteiger partial charge in [-0.1, -0.05) is 44.9 Å². The molecule has 1 aliphatic rings. The van der Waals surface area contributed by atoms with Crippen LogP contribution in [-0.2, 0) is 6.42 Å². The van der Waals surface area contributed by atoms with Crippen LogP contribution in [0.25, 0.3) is 0 Å². The summed E-state index contributed by atoms with van der Waals surface area (Å²) in [5.74, 6) is 0.962. The highest BCUT2D eigenvalue weighted by Crippen LogP contribution is 2.44. The van der Waals surface area contributed by atoms with Crippen molar-refractivity contribution < 1.29 is 4.74 Å². The number of benzene rings is 1. The van der Waals surface area contributed by atoms with E-state index in [-0.39, 0.29) is 11.0 Å². The maximum atomic E-state index is 6.74. The Bertz CT molecular complexity index is 413. The van der Waals surface area contributed by atoms with Crippen molar-refractivity contribution in [2.24, 2.45) is 11.1 Å². The second-order valence-corrected chi connectivity index (χ2v) is 6.24. The molecule has 0 aliphatic heterocycles. The van der Waals surface area contributed by atoms with Crippen molar-refractivity contribution >= 4 is 0 Å². The molecule has 2 heteroatoms. The minimum atomic E-state index is -0.111. The molecule has 0 heterocycles. The van der Waals surface area contributed by atoms with Gasteiger partial charge < -0.3 is 10.5 Å². The van der Waals surface area contributed by atoms with Gasteiger partial charge in [-0.15, -0.1) is 0 Å². The number of hydrogen-bond acceptors (Lipinski definition) is 2. The third kappa shape index (κ3) is 2.39. The van der Waals surface area contributed by atoms with Gasteiger partial charge in [-0.2, -0.15) is 0 Å². The monoisotopic (exact) mass is 247 g/mol. The Morgan fingerprint density at radius 2 is 1.83 bits per heavy atom. The first kappa shape index (κ1) is 13.4. The first-order valence-corrected chi connectivity index (χ1v) is 6.89. The maximum absolute atomic E-state index is 6.74. The fourth-order valence-corrected chi connectivity index (χ4v) is 3.11. The van der Waals surface area contributed by atoms with Crippen molar-refractivity contribution in [2.45, 2.75) is 51.5 Å². The van der Waals surface area contributed by atoms with Gasteiger partial charge in [-0.05, 0) is 36.3 Å². The van der Waals surface area contributed by atoms with Crippen LogP contribution in [0, 0.1) is 5.41 Å². The Morgan fingerprint density at radius 1 is 1.17 bits per heavy atom. The molecule has 2 N–H and O–H groups in total. The Hall–Kier alpha value is -1.02. The van der Waals surface area contributed by atoms with Crippen molar-refractivity contribution in [2.75, 3.05) is 7.11 Å². The summed E-state index contributed by atoms with van der Waals surface area (Å²) in [4.78, 5) is 0. The molecule has 0 bridgehead atoms. The van der Waals surface area contributed by atoms with Gasteiger partial charge in [-0.25, -0.2) is 0 Å². The van der Waals surface area contributed by atoms with Crippen molar-refractivity contribution in [1.29, 1.82) is 0 Å². The predicted octanol–water partition coefficient (Wildman–Crippen LogP) is 3.54. The molecule has 100 valence electrons. The highest BCUT2D eigenvalue weighted by molar-refractivity contribution is 5.35. The topological polar surface area (TPSA) is 35.2 Å². The molecule has 18 heavy (non-hydrogen) atoms. The van der Waals surface area contributed by atoms with Gasteiger partial charge in [0.25, 0.3) is 0 Å². The molecule has 0 amide bonds. The molecular formula is C16H25NO. The fraction of sp³-hybridized carbons (Fsp3) is 0.625. The summed E-state index contributed by atoms with van der Waals surface area (Å²) >= 11 is 0. The van der Waals surface area contributed by atoms with E-state index < -0.39 is 0 Å². The van der Waals surface area contributed by atoms with Crippen LogP contribution in [0.1, 0.15) is 45.1 Å². The van der Waals surface area contributed by atoms with Gasteiger partial charge >= 0.3 is 0 Å². The molecule has 2 nitrogen and oxygen atoms in total. The molecule has 0 spiro atoms. The zero-order valence-electron chi connectivity index (χ0n) is 11.8. The van der Waals surface area contributed by atoms with Crippen LogP contribution in [0.4, 0.5) is 0 Å². The number of nitrogens with two attached hydrogens (primary N) is 1. The summed E-state index contributed by atoms with van der Waals surface area (Å²) in [5, 5.41) is 0. The van der Waals surface area contributed by atoms with E-state index in [1.54, 1.807) is 7.11 Å². The van der Waals surface area contributed by atoms with E-state index in [0.29, 0.717) is 0 Å². The van der Waals surface area contributed by atoms with E-state index >= 15 is 0 Å². The molecule has 2 rings (SSSR count). The lowest BCUT2D eigenvalue weighted by molar-refractivity contribution is 0.0984. The van der Waals surface area contributed by atoms with Gasteiger partial charge in [0.05, 0.1) is 7.11 Å². The van der Waals surface area contributed by atoms with Crippen molar-refractivity contribution in [1.82, 2.24) is 0 Å². The zero-order valence-corrected chi connectivity index (χ0v) is 11.8. The van der Waals surface area contributed by atoms with Crippen LogP contribution in [-0.4, -0.2) is 12.6 Å². The van der Waals surface area contributed by atoms with Gasteiger partial charge in [-0.3, -0.25) is 0 Å². The van der Waals surface area contributed by atoms with Gasteiger partial charge in [0.15, 0.2) is 0 Å². The van der Waals surface area contributed by atoms with Crippen LogP contribution in [0.15, 0.2) is 24.3 Å². The lowest BCUT2D eigenvalue weighted by atomic mass is 9.61. The normalized spacial score (nSPS) is 26.9. The SMILES string of the molecule is COc1ccccc1CC1(N)CCCCC1(C)C. The summed E-state index contributed by atoms with van der Waals surface area (Å²) in [7, 11) is 1.73. The average Bonchev–Trinajstić information content (AvgIpc) is 2.34. The van der Waals surface area contributed by atoms with Gasteiger partial charge in [0.1, 0.15) is 5.75 Å². The zero-order chi connectivity index (χ0) is 13.2. The molecule has 1 saturated carbocycles. The second-order valence-electron chi connectivity index (χ2n) is 6.24. The van der Waals surface area contributed by atoms with Crippen LogP contribution < -0.4 is 10.5 Å². The number of rotatable bonds is 3. The first-order valence-electron chi connectivity index (χ1n) is 6.89. The van der Waals surface area contributed by atoms with Crippen LogP contribution in [0.3, 0.4) is 0 Å². The molecule has 0 saturated heterocycles. The van der Waals surface area contributed by atoms with Crippen LogP contribution in [0.2, 0.25) is 0 Å². The van der Waals surface area contributed by atoms with Gasteiger partial charge in [0.2, 0.25) is 0 Å². The van der Waals surface area contributed by atoms with Crippen LogP contribution >= 0.6 is 0 Å². The van der Waals surface area contributed by atoms with Gasteiger partial charge in [0, 0.05) is 5.54 Å². The summed E-state index contributed by atoms with van der Waals surface area (Å²) in [6, 6.07) is 8.24. The van der Waals surface area contributed by atoms with Crippen molar-refractivity contribution in [3.8, 4) is 5.75 Å². The molecular weight excluding hydrogens is 222 g/mol. The van der Waals surface area contributed by atoms with E-state index in [1.165, 1.54) is 24.8 Å². The Morgan fingerprint density at radius 3 is 2.50 bits per heavy atom. The van der Waals surface area contributed by atoms with E-state index in [1.807, 2.05) is 12.1 Å². The predicted molar refractivity (Wildman–Crippen MR) is 75.9 cm³/mol. The summed E-state index contributed by atoms with van der Waals surface area (Å²) in [6.07, 6.45) is 5.79. The molecule has 0 radical (unpaired) electrons. The third-order valence-corrected chi connectivity index (χ3v) is 4.72. The molecule has 1 fully saturated rings. The standard InChI is InChI=1S/C16H25NO/c1-15(2)10-6-7-11-16(15,17)12-13-8-4-5-9-14(13)18-3/h4-5,8-9H,6-7,10-12,17H2,1-3H3. The van der Waals surface area contributed by atoms with Crippen molar-refractivity contribution in [3.63, 3.8) is 0 Å². The largest absolute Gasteiger partial charge is 0.496 e. The lowest BCUT2D eigenvalue weighted by Crippen LogP contribution is -2.56. The minimum Gasteiger partial charge on any atom is -0.496 e. The molecule has 0 aromatic heterocycles. The molecule has 1 atom stereocenters. The maximum Gasteiger partial charge on any atom is 0.122 e. The number of hydrogen-bond donors (Lipinski definition) is 1. The highest BCUT2D eigenvalue weighted by Gasteiger charge is 2.43. The smallest absolute Gasteiger partial charge is 0.122 e. The van der Waals surface area contributed by atoms with E-state index in [4.69, 9.17) is 10.5 Å². The first-order chi connectivity index (χ1) is 8.48. The van der Waals surface area contributed by atoms with Crippen molar-refractivity contribution in [3.05, 3.63) is 29.8 Å². The molecule has 1 aromatic rings. The molecule has 1 unspecified atom stereocenters. The van der Waals surface area contributed by atoms with Crippen LogP contribution in [0.5, 0.6) is 5.75 Å². The summed E-state index contributed by atoms with van der Waals surface area (Å²) in [5.41, 5.74) is 8.06. The number of para-hydroxylation sites is 1.